The van der Waals surface area contributed by atoms with Gasteiger partial charge in [0.25, 0.3) is 5.97 Å². The first kappa shape index (κ1) is 32.2. The number of allylic oxidation sites excluding steroid dienone is 4. The molecule has 8 heteroatoms. The molecule has 2 aliphatic heterocycles. The number of unbranched alkanes of at least 4 members (excludes halogenated alkanes) is 1. The third kappa shape index (κ3) is 12.2. The number of ether oxygens (including phenoxy) is 1. The molecule has 3 heterocycles. The maximum atomic E-state index is 13.2. The van der Waals surface area contributed by atoms with E-state index in [1.165, 1.54) is 5.57 Å². The minimum atomic E-state index is -0.833. The summed E-state index contributed by atoms with van der Waals surface area (Å²) in [6.45, 7) is 8.90. The van der Waals surface area contributed by atoms with Crippen molar-refractivity contribution >= 4 is 11.9 Å². The van der Waals surface area contributed by atoms with Gasteiger partial charge in [-0.3, -0.25) is 19.5 Å². The molecule has 1 aromatic rings. The minimum Gasteiger partial charge on any atom is -0.493 e. The third-order valence-electron chi connectivity index (χ3n) is 7.00. The number of likely N-dealkylation sites (tertiary alicyclic amines) is 1. The highest BCUT2D eigenvalue weighted by Crippen LogP contribution is 2.28. The summed E-state index contributed by atoms with van der Waals surface area (Å²) in [5.41, 5.74) is 2.38. The van der Waals surface area contributed by atoms with E-state index in [9.17, 15) is 9.90 Å². The van der Waals surface area contributed by atoms with Gasteiger partial charge in [0.15, 0.2) is 0 Å². The number of rotatable bonds is 13. The highest BCUT2D eigenvalue weighted by Gasteiger charge is 2.32. The molecule has 0 spiro atoms. The van der Waals surface area contributed by atoms with Gasteiger partial charge >= 0.3 is 0 Å². The van der Waals surface area contributed by atoms with Crippen LogP contribution in [0.3, 0.4) is 0 Å². The zero-order valence-corrected chi connectivity index (χ0v) is 23.9. The first-order valence-electron chi connectivity index (χ1n) is 14.3. The van der Waals surface area contributed by atoms with Crippen molar-refractivity contribution in [2.45, 2.75) is 71.8 Å². The van der Waals surface area contributed by atoms with Gasteiger partial charge in [-0.25, -0.2) is 0 Å². The number of carbonyl (C=O) groups excluding carboxylic acids is 1. The van der Waals surface area contributed by atoms with Gasteiger partial charge in [0.2, 0.25) is 5.91 Å². The molecule has 2 fully saturated rings. The Morgan fingerprint density at radius 3 is 2.69 bits per heavy atom. The normalized spacial score (nSPS) is 21.2. The number of hydrogen-bond donors (Lipinski definition) is 2. The summed E-state index contributed by atoms with van der Waals surface area (Å²) >= 11 is 0. The number of carboxylic acids is 1. The molecule has 1 aromatic heterocycles. The van der Waals surface area contributed by atoms with Gasteiger partial charge in [-0.15, -0.1) is 0 Å². The lowest BCUT2D eigenvalue weighted by Gasteiger charge is -2.28. The van der Waals surface area contributed by atoms with Crippen LogP contribution in [0.1, 0.15) is 65.0 Å². The first-order chi connectivity index (χ1) is 18.9. The van der Waals surface area contributed by atoms with Crippen LogP contribution in [-0.4, -0.2) is 82.3 Å². The second kappa shape index (κ2) is 18.3. The van der Waals surface area contributed by atoms with Crippen LogP contribution >= 0.6 is 0 Å². The average molecular weight is 542 g/mol. The predicted octanol–water partition coefficient (Wildman–Crippen LogP) is 4.61. The standard InChI is InChI=1S/C29H43N3O3.C2H4O2/c1-3-5-17-31(18-9-19-33)29(34)23-32-22-24(10-8-12-28-25(4-2)15-20-35-28)21-27(32)14-13-26-11-6-7-16-30-26;1-2(3)4/h4,6-8,10-12,16,24,27,33H,3,5,9,13-15,17-23H2,1-2H3;1H3,(H,3,4)/b10-8+,25-4-,28-12+;. The van der Waals surface area contributed by atoms with Crippen LogP contribution in [0.25, 0.3) is 0 Å². The lowest BCUT2D eigenvalue weighted by atomic mass is 10.0. The second-order valence-electron chi connectivity index (χ2n) is 10.1. The summed E-state index contributed by atoms with van der Waals surface area (Å²) in [6, 6.07) is 6.41. The predicted molar refractivity (Wildman–Crippen MR) is 154 cm³/mol. The van der Waals surface area contributed by atoms with Gasteiger partial charge in [0.05, 0.1) is 13.2 Å². The van der Waals surface area contributed by atoms with Gasteiger partial charge in [0.1, 0.15) is 5.76 Å². The summed E-state index contributed by atoms with van der Waals surface area (Å²) in [6.07, 6.45) is 17.1. The van der Waals surface area contributed by atoms with E-state index in [0.717, 1.165) is 76.6 Å². The molecular formula is C31H47N3O5. The van der Waals surface area contributed by atoms with E-state index >= 15 is 0 Å². The third-order valence-corrected chi connectivity index (χ3v) is 7.00. The van der Waals surface area contributed by atoms with Gasteiger partial charge in [-0.1, -0.05) is 37.6 Å². The average Bonchev–Trinajstić information content (AvgIpc) is 3.54. The fourth-order valence-corrected chi connectivity index (χ4v) is 4.99. The quantitative estimate of drug-likeness (QED) is 0.376. The Kier molecular flexibility index (Phi) is 15.2. The van der Waals surface area contributed by atoms with Crippen molar-refractivity contribution in [2.24, 2.45) is 5.92 Å². The Hall–Kier alpha value is -2.97. The van der Waals surface area contributed by atoms with Crippen LogP contribution in [0.2, 0.25) is 0 Å². The van der Waals surface area contributed by atoms with E-state index in [1.807, 2.05) is 23.2 Å². The summed E-state index contributed by atoms with van der Waals surface area (Å²) < 4.78 is 5.75. The molecular weight excluding hydrogens is 494 g/mol. The zero-order chi connectivity index (χ0) is 28.5. The smallest absolute Gasteiger partial charge is 0.300 e. The van der Waals surface area contributed by atoms with Crippen molar-refractivity contribution in [3.05, 3.63) is 65.7 Å². The SMILES string of the molecule is C/C=C1/CCO/C1=C/C=C/C1CC(CCc2ccccn2)N(CC(=O)N(CCCC)CCCO)C1.CC(=O)O. The number of aryl methyl sites for hydroxylation is 1. The first-order valence-corrected chi connectivity index (χ1v) is 14.3. The fraction of sp³-hybridized carbons (Fsp3) is 0.581. The summed E-state index contributed by atoms with van der Waals surface area (Å²) in [5, 5.41) is 16.7. The topological polar surface area (TPSA) is 103 Å². The van der Waals surface area contributed by atoms with Crippen LogP contribution in [0.5, 0.6) is 0 Å². The lowest BCUT2D eigenvalue weighted by molar-refractivity contribution is -0.134. The minimum absolute atomic E-state index is 0.118. The van der Waals surface area contributed by atoms with E-state index < -0.39 is 5.97 Å². The van der Waals surface area contributed by atoms with Crippen molar-refractivity contribution in [1.82, 2.24) is 14.8 Å². The van der Waals surface area contributed by atoms with E-state index in [-0.39, 0.29) is 12.5 Å². The fourth-order valence-electron chi connectivity index (χ4n) is 4.99. The Bertz CT molecular complexity index is 948. The number of amides is 1. The number of carbonyl (C=O) groups is 2. The summed E-state index contributed by atoms with van der Waals surface area (Å²) in [5.74, 6) is 0.736. The second-order valence-corrected chi connectivity index (χ2v) is 10.1. The van der Waals surface area contributed by atoms with Gasteiger partial charge < -0.3 is 19.8 Å². The van der Waals surface area contributed by atoms with Crippen LogP contribution in [0.15, 0.2) is 60.0 Å². The largest absolute Gasteiger partial charge is 0.493 e. The molecule has 0 aromatic carbocycles. The van der Waals surface area contributed by atoms with Crippen LogP contribution < -0.4 is 0 Å². The Morgan fingerprint density at radius 2 is 2.03 bits per heavy atom. The summed E-state index contributed by atoms with van der Waals surface area (Å²) in [7, 11) is 0. The van der Waals surface area contributed by atoms with Crippen molar-refractivity contribution in [1.29, 1.82) is 0 Å². The van der Waals surface area contributed by atoms with E-state index in [0.29, 0.717) is 31.5 Å². The number of aliphatic carboxylic acids is 1. The van der Waals surface area contributed by atoms with Crippen LogP contribution in [0.4, 0.5) is 0 Å². The highest BCUT2D eigenvalue weighted by atomic mass is 16.5. The molecule has 2 aliphatic rings. The molecule has 0 bridgehead atoms. The van der Waals surface area contributed by atoms with Crippen molar-refractivity contribution in [3.8, 4) is 0 Å². The zero-order valence-electron chi connectivity index (χ0n) is 23.9. The van der Waals surface area contributed by atoms with Crippen LogP contribution in [0, 0.1) is 5.92 Å². The number of pyridine rings is 1. The molecule has 3 rings (SSSR count). The number of carboxylic acid groups (broad SMARTS) is 1. The molecule has 2 saturated heterocycles. The maximum absolute atomic E-state index is 13.2. The number of nitrogens with zero attached hydrogens (tertiary/aromatic N) is 3. The van der Waals surface area contributed by atoms with Crippen LogP contribution in [-0.2, 0) is 20.7 Å². The Labute approximate surface area is 234 Å². The number of aliphatic hydroxyl groups excluding tert-OH is 1. The maximum Gasteiger partial charge on any atom is 0.300 e. The molecule has 0 radical (unpaired) electrons. The number of aromatic nitrogens is 1. The van der Waals surface area contributed by atoms with Crippen molar-refractivity contribution in [3.63, 3.8) is 0 Å². The van der Waals surface area contributed by atoms with E-state index in [4.69, 9.17) is 14.6 Å². The number of hydrogen-bond acceptors (Lipinski definition) is 6. The molecule has 2 N–H and O–H groups in total. The van der Waals surface area contributed by atoms with Crippen molar-refractivity contribution < 1.29 is 24.5 Å². The Morgan fingerprint density at radius 1 is 1.26 bits per heavy atom. The Balaban J connectivity index is 0.00000124. The molecule has 0 aliphatic carbocycles. The lowest BCUT2D eigenvalue weighted by Crippen LogP contribution is -2.43. The molecule has 2 atom stereocenters. The van der Waals surface area contributed by atoms with Gasteiger partial charge in [-0.2, -0.15) is 0 Å². The molecule has 0 saturated carbocycles. The van der Waals surface area contributed by atoms with Gasteiger partial charge in [0, 0.05) is 57.5 Å². The molecule has 2 unspecified atom stereocenters. The molecule has 1 amide bonds. The summed E-state index contributed by atoms with van der Waals surface area (Å²) in [4.78, 5) is 31.0. The monoisotopic (exact) mass is 541 g/mol. The molecule has 39 heavy (non-hydrogen) atoms. The van der Waals surface area contributed by atoms with Crippen molar-refractivity contribution in [2.75, 3.05) is 39.4 Å². The molecule has 216 valence electrons. The van der Waals surface area contributed by atoms with E-state index in [2.05, 4.69) is 54.1 Å². The highest BCUT2D eigenvalue weighted by molar-refractivity contribution is 5.78. The number of aliphatic hydroxyl groups is 1. The van der Waals surface area contributed by atoms with E-state index in [1.54, 1.807) is 0 Å². The van der Waals surface area contributed by atoms with Gasteiger partial charge in [-0.05, 0) is 68.7 Å². The molecule has 8 nitrogen and oxygen atoms in total.